The predicted octanol–water partition coefficient (Wildman–Crippen LogP) is 3.04. The normalized spacial score (nSPS) is 11.3. The van der Waals surface area contributed by atoms with Crippen LogP contribution in [0.15, 0.2) is 41.9 Å². The van der Waals surface area contributed by atoms with Crippen LogP contribution in [0.3, 0.4) is 0 Å². The number of carbonyl (C=O) groups excluding carboxylic acids is 1. The van der Waals surface area contributed by atoms with Gasteiger partial charge in [0.05, 0.1) is 5.38 Å². The highest BCUT2D eigenvalue weighted by Crippen LogP contribution is 2.13. The number of aromatic nitrogens is 1. The molecule has 0 atom stereocenters. The van der Waals surface area contributed by atoms with Gasteiger partial charge in [0.15, 0.2) is 12.7 Å². The number of esters is 1. The Morgan fingerprint density at radius 3 is 2.58 bits per heavy atom. The summed E-state index contributed by atoms with van der Waals surface area (Å²) in [6.07, 6.45) is 1.91. The van der Waals surface area contributed by atoms with Crippen molar-refractivity contribution in [3.05, 3.63) is 52.5 Å². The molecule has 0 aliphatic rings. The van der Waals surface area contributed by atoms with Crippen molar-refractivity contribution in [2.24, 2.45) is 0 Å². The summed E-state index contributed by atoms with van der Waals surface area (Å²) in [7, 11) is 0. The number of thiazole rings is 1. The van der Waals surface area contributed by atoms with Gasteiger partial charge in [0.25, 0.3) is 0 Å². The van der Waals surface area contributed by atoms with Gasteiger partial charge in [0.2, 0.25) is 0 Å². The van der Waals surface area contributed by atoms with E-state index in [1.807, 2.05) is 67.2 Å². The maximum atomic E-state index is 12.1. The van der Waals surface area contributed by atoms with Crippen molar-refractivity contribution in [2.45, 2.75) is 32.9 Å². The zero-order valence-electron chi connectivity index (χ0n) is 11.4. The maximum absolute atomic E-state index is 12.1. The molecule has 1 heterocycles. The summed E-state index contributed by atoms with van der Waals surface area (Å²) >= 11 is 1.41. The van der Waals surface area contributed by atoms with Crippen LogP contribution in [0.5, 0.6) is 0 Å². The van der Waals surface area contributed by atoms with Crippen molar-refractivity contribution in [1.29, 1.82) is 0 Å². The molecule has 0 N–H and O–H groups in total. The lowest BCUT2D eigenvalue weighted by Gasteiger charge is -2.17. The van der Waals surface area contributed by atoms with E-state index in [1.165, 1.54) is 11.3 Å². The molecule has 0 saturated carbocycles. The molecule has 0 bridgehead atoms. The van der Waals surface area contributed by atoms with Gasteiger partial charge in [-0.2, -0.15) is 4.57 Å². The Kier molecular flexibility index (Phi) is 4.00. The third-order valence-corrected chi connectivity index (χ3v) is 3.33. The minimum atomic E-state index is -0.467. The van der Waals surface area contributed by atoms with Gasteiger partial charge < -0.3 is 4.74 Å². The number of nitrogens with zero attached hydrogens (tertiary/aromatic N) is 1. The van der Waals surface area contributed by atoms with Crippen LogP contribution in [-0.2, 0) is 11.3 Å². The molecule has 3 nitrogen and oxygen atoms in total. The number of carbonyl (C=O) groups is 1. The number of hydrogen-bond acceptors (Lipinski definition) is 3. The molecule has 0 amide bonds. The quantitative estimate of drug-likeness (QED) is 0.637. The van der Waals surface area contributed by atoms with Crippen LogP contribution in [0.1, 0.15) is 36.1 Å². The number of ether oxygens (including phenoxy) is 1. The second-order valence-corrected chi connectivity index (χ2v) is 6.22. The SMILES string of the molecule is CC(C)(C)OC(=O)c1scc[n+]1Cc1ccccc1. The van der Waals surface area contributed by atoms with Crippen LogP contribution in [0.25, 0.3) is 0 Å². The highest BCUT2D eigenvalue weighted by molar-refractivity contribution is 7.11. The highest BCUT2D eigenvalue weighted by Gasteiger charge is 2.27. The van der Waals surface area contributed by atoms with Crippen LogP contribution in [0.4, 0.5) is 0 Å². The first kappa shape index (κ1) is 13.7. The predicted molar refractivity (Wildman–Crippen MR) is 75.2 cm³/mol. The van der Waals surface area contributed by atoms with E-state index in [9.17, 15) is 4.79 Å². The summed E-state index contributed by atoms with van der Waals surface area (Å²) in [6.45, 7) is 6.30. The van der Waals surface area contributed by atoms with Crippen molar-refractivity contribution in [3.63, 3.8) is 0 Å². The van der Waals surface area contributed by atoms with Crippen LogP contribution in [0.2, 0.25) is 0 Å². The Morgan fingerprint density at radius 1 is 1.26 bits per heavy atom. The average Bonchev–Trinajstić information content (AvgIpc) is 2.76. The van der Waals surface area contributed by atoms with E-state index in [0.29, 0.717) is 11.6 Å². The third kappa shape index (κ3) is 3.89. The molecule has 2 rings (SSSR count). The van der Waals surface area contributed by atoms with Gasteiger partial charge in [-0.15, -0.1) is 0 Å². The van der Waals surface area contributed by atoms with Crippen LogP contribution in [-0.4, -0.2) is 11.6 Å². The molecule has 19 heavy (non-hydrogen) atoms. The van der Waals surface area contributed by atoms with Crippen molar-refractivity contribution < 1.29 is 14.1 Å². The van der Waals surface area contributed by atoms with Crippen LogP contribution < -0.4 is 4.57 Å². The first-order chi connectivity index (χ1) is 8.96. The minimum absolute atomic E-state index is 0.265. The van der Waals surface area contributed by atoms with Gasteiger partial charge in [-0.1, -0.05) is 41.7 Å². The Morgan fingerprint density at radius 2 is 1.95 bits per heavy atom. The van der Waals surface area contributed by atoms with Crippen molar-refractivity contribution in [2.75, 3.05) is 0 Å². The summed E-state index contributed by atoms with van der Waals surface area (Å²) in [5.41, 5.74) is 0.696. The Hall–Kier alpha value is -1.68. The fourth-order valence-electron chi connectivity index (χ4n) is 1.70. The van der Waals surface area contributed by atoms with E-state index in [2.05, 4.69) is 0 Å². The first-order valence-electron chi connectivity index (χ1n) is 6.20. The molecule has 0 fully saturated rings. The van der Waals surface area contributed by atoms with E-state index in [0.717, 1.165) is 5.56 Å². The molecule has 0 aliphatic carbocycles. The van der Waals surface area contributed by atoms with Gasteiger partial charge >= 0.3 is 11.0 Å². The minimum Gasteiger partial charge on any atom is -0.451 e. The summed E-state index contributed by atoms with van der Waals surface area (Å²) in [4.78, 5) is 12.1. The van der Waals surface area contributed by atoms with Gasteiger partial charge in [-0.3, -0.25) is 0 Å². The molecule has 2 aromatic rings. The van der Waals surface area contributed by atoms with Gasteiger partial charge in [-0.25, -0.2) is 4.79 Å². The summed E-state index contributed by atoms with van der Waals surface area (Å²) in [6, 6.07) is 10.1. The Bertz CT molecular complexity index is 555. The molecule has 0 unspecified atom stereocenters. The summed E-state index contributed by atoms with van der Waals surface area (Å²) in [5.74, 6) is -0.265. The lowest BCUT2D eigenvalue weighted by Crippen LogP contribution is -2.39. The molecule has 100 valence electrons. The number of hydrogen-bond donors (Lipinski definition) is 0. The number of rotatable bonds is 3. The molecule has 0 aliphatic heterocycles. The monoisotopic (exact) mass is 276 g/mol. The lowest BCUT2D eigenvalue weighted by molar-refractivity contribution is -0.685. The van der Waals surface area contributed by atoms with Crippen LogP contribution in [0, 0.1) is 0 Å². The van der Waals surface area contributed by atoms with Gasteiger partial charge in [0, 0.05) is 5.56 Å². The maximum Gasteiger partial charge on any atom is 0.415 e. The van der Waals surface area contributed by atoms with E-state index < -0.39 is 5.60 Å². The lowest BCUT2D eigenvalue weighted by atomic mass is 10.2. The summed E-state index contributed by atoms with van der Waals surface area (Å²) in [5, 5.41) is 2.53. The van der Waals surface area contributed by atoms with Crippen molar-refractivity contribution >= 4 is 17.3 Å². The Labute approximate surface area is 117 Å². The number of benzene rings is 1. The fraction of sp³-hybridized carbons (Fsp3) is 0.333. The fourth-order valence-corrected chi connectivity index (χ4v) is 2.43. The molecular formula is C15H18NO2S+. The molecule has 4 heteroatoms. The highest BCUT2D eigenvalue weighted by atomic mass is 32.1. The molecule has 0 spiro atoms. The zero-order valence-corrected chi connectivity index (χ0v) is 12.2. The first-order valence-corrected chi connectivity index (χ1v) is 7.08. The molecule has 0 radical (unpaired) electrons. The van der Waals surface area contributed by atoms with E-state index in [4.69, 9.17) is 4.74 Å². The van der Waals surface area contributed by atoms with Crippen molar-refractivity contribution in [1.82, 2.24) is 0 Å². The molecular weight excluding hydrogens is 258 g/mol. The average molecular weight is 276 g/mol. The van der Waals surface area contributed by atoms with Crippen LogP contribution >= 0.6 is 11.3 Å². The van der Waals surface area contributed by atoms with E-state index in [-0.39, 0.29) is 5.97 Å². The standard InChI is InChI=1S/C15H18NO2S/c1-15(2,3)18-14(17)13-16(9-10-19-13)11-12-7-5-4-6-8-12/h4-10H,11H2,1-3H3/q+1. The Balaban J connectivity index is 2.16. The van der Waals surface area contributed by atoms with Gasteiger partial charge in [0.1, 0.15) is 5.60 Å². The second kappa shape index (κ2) is 5.53. The van der Waals surface area contributed by atoms with Gasteiger partial charge in [-0.05, 0) is 20.8 Å². The second-order valence-electron chi connectivity index (χ2n) is 5.32. The summed E-state index contributed by atoms with van der Waals surface area (Å²) < 4.78 is 7.34. The smallest absolute Gasteiger partial charge is 0.415 e. The third-order valence-electron chi connectivity index (χ3n) is 2.45. The largest absolute Gasteiger partial charge is 0.451 e. The zero-order chi connectivity index (χ0) is 13.9. The molecule has 1 aromatic heterocycles. The van der Waals surface area contributed by atoms with E-state index >= 15 is 0 Å². The van der Waals surface area contributed by atoms with E-state index in [1.54, 1.807) is 0 Å². The molecule has 0 saturated heterocycles. The van der Waals surface area contributed by atoms with Crippen molar-refractivity contribution in [3.8, 4) is 0 Å². The topological polar surface area (TPSA) is 30.2 Å². The molecule has 1 aromatic carbocycles.